The molecule has 0 radical (unpaired) electrons. The van der Waals surface area contributed by atoms with Crippen LogP contribution in [-0.4, -0.2) is 24.1 Å². The van der Waals surface area contributed by atoms with Gasteiger partial charge < -0.3 is 0 Å². The van der Waals surface area contributed by atoms with E-state index in [2.05, 4.69) is 185 Å². The van der Waals surface area contributed by atoms with Crippen molar-refractivity contribution in [3.63, 3.8) is 0 Å². The fraction of sp³-hybridized carbons (Fsp3) is 0. The second-order valence-electron chi connectivity index (χ2n) is 14.8. The van der Waals surface area contributed by atoms with E-state index in [0.717, 1.165) is 43.7 Å². The molecule has 0 fully saturated rings. The van der Waals surface area contributed by atoms with E-state index >= 15 is 0 Å². The molecule has 5 heterocycles. The molecule has 4 aromatic heterocycles. The second kappa shape index (κ2) is 12.2. The molecule has 58 heavy (non-hydrogen) atoms. The molecule has 1 aliphatic heterocycles. The van der Waals surface area contributed by atoms with Gasteiger partial charge in [-0.25, -0.2) is 15.0 Å². The molecule has 13 rings (SSSR count). The molecule has 270 valence electrons. The number of para-hydroxylation sites is 3. The highest BCUT2D eigenvalue weighted by Crippen LogP contribution is 2.50. The molecule has 0 aliphatic carbocycles. The zero-order valence-corrected chi connectivity index (χ0v) is 32.4. The molecule has 8 aromatic carbocycles. The van der Waals surface area contributed by atoms with Crippen molar-refractivity contribution in [2.75, 3.05) is 0 Å². The highest BCUT2D eigenvalue weighted by molar-refractivity contribution is 7.99. The number of aromatic nitrogens is 5. The minimum Gasteiger partial charge on any atom is -0.295 e. The number of hydrogen-bond acceptors (Lipinski definition) is 5. The lowest BCUT2D eigenvalue weighted by Gasteiger charge is -2.22. The minimum atomic E-state index is 0.648. The van der Waals surface area contributed by atoms with Crippen LogP contribution in [0.4, 0.5) is 0 Å². The molecule has 7 heteroatoms. The van der Waals surface area contributed by atoms with Crippen LogP contribution in [0.5, 0.6) is 0 Å². The van der Waals surface area contributed by atoms with Gasteiger partial charge in [0.2, 0.25) is 0 Å². The zero-order valence-electron chi connectivity index (χ0n) is 30.8. The molecule has 0 spiro atoms. The van der Waals surface area contributed by atoms with Crippen LogP contribution >= 0.6 is 23.1 Å². The van der Waals surface area contributed by atoms with E-state index in [9.17, 15) is 0 Å². The van der Waals surface area contributed by atoms with Crippen LogP contribution in [0.1, 0.15) is 0 Å². The van der Waals surface area contributed by atoms with E-state index in [1.807, 2.05) is 11.8 Å². The summed E-state index contributed by atoms with van der Waals surface area (Å²) in [5.41, 5.74) is 8.83. The third-order valence-electron chi connectivity index (χ3n) is 11.6. The van der Waals surface area contributed by atoms with Crippen molar-refractivity contribution >= 4 is 86.9 Å². The van der Waals surface area contributed by atoms with Crippen molar-refractivity contribution in [1.29, 1.82) is 0 Å². The Labute approximate surface area is 340 Å². The molecule has 1 aliphatic rings. The molecular weight excluding hydrogens is 747 g/mol. The largest absolute Gasteiger partial charge is 0.295 e. The van der Waals surface area contributed by atoms with Gasteiger partial charge in [0, 0.05) is 68.5 Å². The lowest BCUT2D eigenvalue weighted by atomic mass is 10.0. The SMILES string of the molecule is c1ccc(-n2c3ccccc3c3c4cccc5c4n(c32)-c2ccc(-c3nc(-c4cccc6ccccc46)nc(-c4cccc6c4sc4ccccc46)n3)cc2S5)cc1. The first-order valence-electron chi connectivity index (χ1n) is 19.4. The number of rotatable bonds is 4. The average molecular weight is 776 g/mol. The number of thiophene rings is 1. The molecule has 0 unspecified atom stereocenters. The second-order valence-corrected chi connectivity index (χ2v) is 16.9. The highest BCUT2D eigenvalue weighted by Gasteiger charge is 2.28. The fourth-order valence-electron chi connectivity index (χ4n) is 9.05. The van der Waals surface area contributed by atoms with Gasteiger partial charge in [0.05, 0.1) is 16.7 Å². The summed E-state index contributed by atoms with van der Waals surface area (Å²) in [6.07, 6.45) is 0. The molecule has 0 N–H and O–H groups in total. The predicted octanol–water partition coefficient (Wildman–Crippen LogP) is 13.9. The lowest BCUT2D eigenvalue weighted by Crippen LogP contribution is -2.06. The van der Waals surface area contributed by atoms with Gasteiger partial charge in [0.1, 0.15) is 5.65 Å². The standard InChI is InChI=1S/C51H29N5S2/c1-2-15-32(16-3-1)55-40-24-8-6-19-37(40)45-38-22-12-26-43-46(38)56(51(45)55)41-28-27-31(29-44(41)57-43)48-52-49(36-21-10-14-30-13-4-5-17-33(30)36)54-50(53-48)39-23-11-20-35-34-18-7-9-25-42(34)58-47(35)39/h1-29H. The Morgan fingerprint density at radius 2 is 1.12 bits per heavy atom. The predicted molar refractivity (Wildman–Crippen MR) is 242 cm³/mol. The topological polar surface area (TPSA) is 48.5 Å². The smallest absolute Gasteiger partial charge is 0.165 e. The number of nitrogens with zero attached hydrogens (tertiary/aromatic N) is 5. The fourth-order valence-corrected chi connectivity index (χ4v) is 11.4. The number of hydrogen-bond donors (Lipinski definition) is 0. The number of fused-ring (bicyclic) bond motifs is 11. The Hall–Kier alpha value is -7.06. The van der Waals surface area contributed by atoms with Crippen LogP contribution < -0.4 is 0 Å². The summed E-state index contributed by atoms with van der Waals surface area (Å²) in [6, 6.07) is 62.8. The summed E-state index contributed by atoms with van der Waals surface area (Å²) in [7, 11) is 0. The van der Waals surface area contributed by atoms with Crippen LogP contribution in [0.2, 0.25) is 0 Å². The van der Waals surface area contributed by atoms with Crippen LogP contribution in [0, 0.1) is 0 Å². The summed E-state index contributed by atoms with van der Waals surface area (Å²) in [5.74, 6) is 1.98. The monoisotopic (exact) mass is 775 g/mol. The average Bonchev–Trinajstić information content (AvgIpc) is 3.95. The molecule has 0 saturated heterocycles. The van der Waals surface area contributed by atoms with Gasteiger partial charge in [-0.3, -0.25) is 9.13 Å². The maximum atomic E-state index is 5.32. The third kappa shape index (κ3) is 4.57. The van der Waals surface area contributed by atoms with E-state index in [-0.39, 0.29) is 0 Å². The van der Waals surface area contributed by atoms with E-state index in [0.29, 0.717) is 17.5 Å². The Kier molecular flexibility index (Phi) is 6.76. The molecule has 0 saturated carbocycles. The maximum Gasteiger partial charge on any atom is 0.165 e. The first-order chi connectivity index (χ1) is 28.8. The normalized spacial score (nSPS) is 12.4. The van der Waals surface area contributed by atoms with Gasteiger partial charge in [0.25, 0.3) is 0 Å². The molecule has 12 aromatic rings. The highest BCUT2D eigenvalue weighted by atomic mass is 32.2. The van der Waals surface area contributed by atoms with Crippen molar-refractivity contribution in [2.24, 2.45) is 0 Å². The van der Waals surface area contributed by atoms with E-state index < -0.39 is 0 Å². The summed E-state index contributed by atoms with van der Waals surface area (Å²) in [5, 5.41) is 8.51. The number of benzene rings is 8. The quantitative estimate of drug-likeness (QED) is 0.179. The Morgan fingerprint density at radius 1 is 0.448 bits per heavy atom. The van der Waals surface area contributed by atoms with Gasteiger partial charge in [-0.15, -0.1) is 11.3 Å². The van der Waals surface area contributed by atoms with Crippen molar-refractivity contribution < 1.29 is 0 Å². The zero-order chi connectivity index (χ0) is 37.9. The van der Waals surface area contributed by atoms with Crippen molar-refractivity contribution in [1.82, 2.24) is 24.1 Å². The molecule has 0 amide bonds. The van der Waals surface area contributed by atoms with Crippen LogP contribution in [0.25, 0.3) is 109 Å². The molecule has 0 atom stereocenters. The summed E-state index contributed by atoms with van der Waals surface area (Å²) in [6.45, 7) is 0. The first-order valence-corrected chi connectivity index (χ1v) is 21.0. The van der Waals surface area contributed by atoms with Crippen molar-refractivity contribution in [3.05, 3.63) is 176 Å². The summed E-state index contributed by atoms with van der Waals surface area (Å²) < 4.78 is 7.33. The Morgan fingerprint density at radius 3 is 2.03 bits per heavy atom. The van der Waals surface area contributed by atoms with Crippen molar-refractivity contribution in [2.45, 2.75) is 9.79 Å². The first kappa shape index (κ1) is 32.1. The summed E-state index contributed by atoms with van der Waals surface area (Å²) >= 11 is 3.61. The third-order valence-corrected chi connectivity index (χ3v) is 13.9. The Balaban J connectivity index is 1.06. The van der Waals surface area contributed by atoms with Gasteiger partial charge in [-0.2, -0.15) is 0 Å². The van der Waals surface area contributed by atoms with E-state index in [1.54, 1.807) is 11.3 Å². The molecule has 0 bridgehead atoms. The van der Waals surface area contributed by atoms with E-state index in [1.165, 1.54) is 57.9 Å². The van der Waals surface area contributed by atoms with Crippen molar-refractivity contribution in [3.8, 4) is 45.5 Å². The van der Waals surface area contributed by atoms with Gasteiger partial charge in [0.15, 0.2) is 17.5 Å². The summed E-state index contributed by atoms with van der Waals surface area (Å²) in [4.78, 5) is 18.3. The maximum absolute atomic E-state index is 5.32. The van der Waals surface area contributed by atoms with Gasteiger partial charge in [-0.1, -0.05) is 133 Å². The van der Waals surface area contributed by atoms with Crippen LogP contribution in [0.3, 0.4) is 0 Å². The van der Waals surface area contributed by atoms with Crippen LogP contribution in [0.15, 0.2) is 186 Å². The Bertz CT molecular complexity index is 3670. The minimum absolute atomic E-state index is 0.648. The van der Waals surface area contributed by atoms with Gasteiger partial charge >= 0.3 is 0 Å². The van der Waals surface area contributed by atoms with Crippen LogP contribution in [-0.2, 0) is 0 Å². The van der Waals surface area contributed by atoms with E-state index in [4.69, 9.17) is 15.0 Å². The lowest BCUT2D eigenvalue weighted by molar-refractivity contribution is 1.02. The molecular formula is C51H29N5S2. The van der Waals surface area contributed by atoms with Gasteiger partial charge in [-0.05, 0) is 65.4 Å². The molecule has 5 nitrogen and oxygen atoms in total.